The van der Waals surface area contributed by atoms with Gasteiger partial charge >= 0.3 is 7.82 Å². The molecule has 0 aliphatic carbocycles. The number of nitrogens with one attached hydrogen (secondary N) is 1. The Morgan fingerprint density at radius 1 is 1.15 bits per heavy atom. The van der Waals surface area contributed by atoms with Crippen molar-refractivity contribution in [3.63, 3.8) is 0 Å². The molecule has 1 aliphatic rings. The molecular formula is C17H29N2O7P. The normalized spacial score (nSPS) is 16.7. The third-order valence-corrected chi connectivity index (χ3v) is 4.76. The van der Waals surface area contributed by atoms with Crippen molar-refractivity contribution in [3.8, 4) is 0 Å². The molecule has 1 rings (SSSR count). The number of carbonyl (C=O) groups excluding carboxylic acids is 3. The van der Waals surface area contributed by atoms with Gasteiger partial charge in [0.05, 0.1) is 12.2 Å². The van der Waals surface area contributed by atoms with Gasteiger partial charge in [-0.05, 0) is 40.0 Å². The average Bonchev–Trinajstić information content (AvgIpc) is 2.83. The molecule has 0 aromatic heterocycles. The first kappa shape index (κ1) is 23.5. The summed E-state index contributed by atoms with van der Waals surface area (Å²) in [7, 11) is -4.09. The van der Waals surface area contributed by atoms with E-state index in [0.29, 0.717) is 38.8 Å². The molecule has 0 saturated carbocycles. The Kier molecular flexibility index (Phi) is 9.32. The lowest BCUT2D eigenvalue weighted by Gasteiger charge is -2.22. The largest absolute Gasteiger partial charge is 0.472 e. The van der Waals surface area contributed by atoms with E-state index in [9.17, 15) is 23.8 Å². The SMILES string of the molecule is CC(C)(C)OP(=O)(O)OCCCNC(=O)CCCCCN1C(=O)C=CC1=O. The van der Waals surface area contributed by atoms with Gasteiger partial charge in [-0.2, -0.15) is 0 Å². The standard InChI is InChI=1S/C17H29N2O7P/c1-17(2,3)26-27(23,24)25-13-7-11-18-14(20)8-5-4-6-12-19-15(21)9-10-16(19)22/h9-10H,4-8,11-13H2,1-3H3,(H,18,20)(H,23,24). The topological polar surface area (TPSA) is 122 Å². The van der Waals surface area contributed by atoms with Gasteiger partial charge in [0.1, 0.15) is 0 Å². The first-order chi connectivity index (χ1) is 12.5. The van der Waals surface area contributed by atoms with Crippen molar-refractivity contribution in [3.05, 3.63) is 12.2 Å². The van der Waals surface area contributed by atoms with E-state index in [1.807, 2.05) is 0 Å². The monoisotopic (exact) mass is 404 g/mol. The van der Waals surface area contributed by atoms with E-state index in [4.69, 9.17) is 9.05 Å². The summed E-state index contributed by atoms with van der Waals surface area (Å²) < 4.78 is 21.4. The van der Waals surface area contributed by atoms with Gasteiger partial charge < -0.3 is 10.2 Å². The Morgan fingerprint density at radius 3 is 2.37 bits per heavy atom. The predicted molar refractivity (Wildman–Crippen MR) is 98.6 cm³/mol. The summed E-state index contributed by atoms with van der Waals surface area (Å²) in [5.41, 5.74) is -0.787. The molecule has 0 saturated heterocycles. The zero-order valence-electron chi connectivity index (χ0n) is 16.1. The van der Waals surface area contributed by atoms with E-state index < -0.39 is 13.4 Å². The number of hydrogen-bond donors (Lipinski definition) is 2. The van der Waals surface area contributed by atoms with Crippen LogP contribution in [0.2, 0.25) is 0 Å². The number of carbonyl (C=O) groups is 3. The second kappa shape index (κ2) is 10.7. The summed E-state index contributed by atoms with van der Waals surface area (Å²) in [6.45, 7) is 5.64. The summed E-state index contributed by atoms with van der Waals surface area (Å²) >= 11 is 0. The Morgan fingerprint density at radius 2 is 1.78 bits per heavy atom. The van der Waals surface area contributed by atoms with Crippen LogP contribution in [0.1, 0.15) is 52.9 Å². The Labute approximate surface area is 159 Å². The Balaban J connectivity index is 2.02. The molecule has 10 heteroatoms. The Hall–Kier alpha value is -1.54. The molecule has 0 spiro atoms. The van der Waals surface area contributed by atoms with Crippen LogP contribution in [-0.2, 0) is 28.0 Å². The number of phosphoric ester groups is 1. The van der Waals surface area contributed by atoms with Gasteiger partial charge in [-0.15, -0.1) is 0 Å². The molecule has 3 amide bonds. The van der Waals surface area contributed by atoms with Crippen molar-refractivity contribution in [2.45, 2.75) is 58.5 Å². The zero-order chi connectivity index (χ0) is 20.5. The fraction of sp³-hybridized carbons (Fsp3) is 0.706. The summed E-state index contributed by atoms with van der Waals surface area (Å²) in [6, 6.07) is 0. The van der Waals surface area contributed by atoms with Crippen molar-refractivity contribution in [2.75, 3.05) is 19.7 Å². The smallest absolute Gasteiger partial charge is 0.356 e. The minimum atomic E-state index is -4.09. The van der Waals surface area contributed by atoms with Gasteiger partial charge in [0, 0.05) is 31.7 Å². The third kappa shape index (κ3) is 10.4. The maximum atomic E-state index is 11.7. The van der Waals surface area contributed by atoms with Crippen LogP contribution in [0, 0.1) is 0 Å². The molecule has 0 aromatic carbocycles. The van der Waals surface area contributed by atoms with Crippen LogP contribution < -0.4 is 5.32 Å². The van der Waals surface area contributed by atoms with Crippen LogP contribution in [0.5, 0.6) is 0 Å². The molecule has 1 aliphatic heterocycles. The highest BCUT2D eigenvalue weighted by Crippen LogP contribution is 2.47. The zero-order valence-corrected chi connectivity index (χ0v) is 17.0. The molecule has 0 aromatic rings. The van der Waals surface area contributed by atoms with Gasteiger partial charge in [-0.25, -0.2) is 4.57 Å². The molecule has 1 unspecified atom stereocenters. The van der Waals surface area contributed by atoms with Crippen molar-refractivity contribution in [1.82, 2.24) is 10.2 Å². The van der Waals surface area contributed by atoms with Crippen LogP contribution in [0.25, 0.3) is 0 Å². The van der Waals surface area contributed by atoms with Crippen LogP contribution in [-0.4, -0.2) is 52.8 Å². The highest BCUT2D eigenvalue weighted by Gasteiger charge is 2.28. The lowest BCUT2D eigenvalue weighted by molar-refractivity contribution is -0.137. The maximum absolute atomic E-state index is 11.7. The number of rotatable bonds is 12. The van der Waals surface area contributed by atoms with Gasteiger partial charge in [0.2, 0.25) is 5.91 Å². The average molecular weight is 404 g/mol. The molecule has 1 atom stereocenters. The molecule has 1 heterocycles. The highest BCUT2D eigenvalue weighted by molar-refractivity contribution is 7.47. The summed E-state index contributed by atoms with van der Waals surface area (Å²) in [6.07, 6.45) is 5.26. The quantitative estimate of drug-likeness (QED) is 0.289. The van der Waals surface area contributed by atoms with Crippen molar-refractivity contribution < 1.29 is 32.9 Å². The van der Waals surface area contributed by atoms with Gasteiger partial charge in [-0.1, -0.05) is 6.42 Å². The number of phosphoric acid groups is 1. The number of unbranched alkanes of at least 4 members (excludes halogenated alkanes) is 2. The van der Waals surface area contributed by atoms with Gasteiger partial charge in [0.15, 0.2) is 0 Å². The fourth-order valence-corrected chi connectivity index (χ4v) is 3.43. The van der Waals surface area contributed by atoms with Crippen LogP contribution >= 0.6 is 7.82 Å². The lowest BCUT2D eigenvalue weighted by Crippen LogP contribution is -2.30. The minimum Gasteiger partial charge on any atom is -0.356 e. The van der Waals surface area contributed by atoms with Crippen LogP contribution in [0.4, 0.5) is 0 Å². The Bertz CT molecular complexity index is 595. The van der Waals surface area contributed by atoms with E-state index in [2.05, 4.69) is 5.32 Å². The maximum Gasteiger partial charge on any atom is 0.472 e. The molecule has 2 N–H and O–H groups in total. The van der Waals surface area contributed by atoms with E-state index in [1.165, 1.54) is 17.1 Å². The molecule has 9 nitrogen and oxygen atoms in total. The third-order valence-electron chi connectivity index (χ3n) is 3.47. The molecule has 0 bridgehead atoms. The van der Waals surface area contributed by atoms with E-state index in [1.54, 1.807) is 20.8 Å². The first-order valence-electron chi connectivity index (χ1n) is 8.98. The second-order valence-corrected chi connectivity index (χ2v) is 8.56. The predicted octanol–water partition coefficient (Wildman–Crippen LogP) is 1.91. The van der Waals surface area contributed by atoms with Crippen molar-refractivity contribution >= 4 is 25.5 Å². The fourth-order valence-electron chi connectivity index (χ4n) is 2.32. The van der Waals surface area contributed by atoms with Gasteiger partial charge in [0.25, 0.3) is 11.8 Å². The molecule has 0 fully saturated rings. The van der Waals surface area contributed by atoms with E-state index in [0.717, 1.165) is 6.42 Å². The minimum absolute atomic E-state index is 0.00390. The molecule has 154 valence electrons. The lowest BCUT2D eigenvalue weighted by atomic mass is 10.2. The highest BCUT2D eigenvalue weighted by atomic mass is 31.2. The van der Waals surface area contributed by atoms with Crippen LogP contribution in [0.15, 0.2) is 12.2 Å². The van der Waals surface area contributed by atoms with Crippen molar-refractivity contribution in [1.29, 1.82) is 0 Å². The molecular weight excluding hydrogens is 375 g/mol. The molecule has 0 radical (unpaired) electrons. The number of hydrogen-bond acceptors (Lipinski definition) is 6. The van der Waals surface area contributed by atoms with Gasteiger partial charge in [-0.3, -0.25) is 28.3 Å². The van der Waals surface area contributed by atoms with E-state index in [-0.39, 0.29) is 24.3 Å². The van der Waals surface area contributed by atoms with E-state index >= 15 is 0 Å². The summed E-state index contributed by atoms with van der Waals surface area (Å²) in [5, 5.41) is 2.70. The number of imide groups is 1. The summed E-state index contributed by atoms with van der Waals surface area (Å²) in [5.74, 6) is -0.705. The number of amides is 3. The van der Waals surface area contributed by atoms with Crippen LogP contribution in [0.3, 0.4) is 0 Å². The second-order valence-electron chi connectivity index (χ2n) is 7.18. The first-order valence-corrected chi connectivity index (χ1v) is 10.5. The summed E-state index contributed by atoms with van der Waals surface area (Å²) in [4.78, 5) is 45.1. The number of nitrogens with zero attached hydrogens (tertiary/aromatic N) is 1. The van der Waals surface area contributed by atoms with Crippen molar-refractivity contribution in [2.24, 2.45) is 0 Å². The molecule has 27 heavy (non-hydrogen) atoms.